The van der Waals surface area contributed by atoms with Gasteiger partial charge in [0.05, 0.1) is 11.7 Å². The Bertz CT molecular complexity index is 762. The monoisotopic (exact) mass is 348 g/mol. The molecule has 1 aliphatic carbocycles. The molecule has 3 heteroatoms. The van der Waals surface area contributed by atoms with Gasteiger partial charge in [-0.3, -0.25) is 9.78 Å². The molecule has 4 rings (SSSR count). The molecule has 1 aromatic heterocycles. The van der Waals surface area contributed by atoms with Crippen molar-refractivity contribution in [1.29, 1.82) is 0 Å². The number of aryl methyl sites for hydroxylation is 1. The normalized spacial score (nSPS) is 20.7. The molecule has 136 valence electrons. The number of nitrogens with zero attached hydrogens (tertiary/aromatic N) is 2. The van der Waals surface area contributed by atoms with Gasteiger partial charge in [0, 0.05) is 24.6 Å². The highest BCUT2D eigenvalue weighted by Gasteiger charge is 2.35. The van der Waals surface area contributed by atoms with Crippen molar-refractivity contribution in [2.75, 3.05) is 6.54 Å². The van der Waals surface area contributed by atoms with E-state index in [1.54, 1.807) is 0 Å². The minimum absolute atomic E-state index is 0.168. The molecule has 1 aliphatic heterocycles. The first kappa shape index (κ1) is 17.3. The molecule has 0 N–H and O–H groups in total. The number of pyridine rings is 1. The molecule has 1 atom stereocenters. The lowest BCUT2D eigenvalue weighted by Gasteiger charge is -2.27. The topological polar surface area (TPSA) is 33.2 Å². The van der Waals surface area contributed by atoms with Gasteiger partial charge in [0.25, 0.3) is 0 Å². The van der Waals surface area contributed by atoms with Gasteiger partial charge in [-0.2, -0.15) is 0 Å². The molecule has 0 radical (unpaired) electrons. The van der Waals surface area contributed by atoms with Crippen LogP contribution < -0.4 is 0 Å². The van der Waals surface area contributed by atoms with E-state index in [1.807, 2.05) is 0 Å². The van der Waals surface area contributed by atoms with E-state index in [0.717, 1.165) is 50.0 Å². The summed E-state index contributed by atoms with van der Waals surface area (Å²) in [4.78, 5) is 20.0. The van der Waals surface area contributed by atoms with Crippen molar-refractivity contribution in [2.45, 2.75) is 57.9 Å². The summed E-state index contributed by atoms with van der Waals surface area (Å²) < 4.78 is 0. The molecule has 2 aromatic rings. The van der Waals surface area contributed by atoms with E-state index in [9.17, 15) is 4.79 Å². The predicted molar refractivity (Wildman–Crippen MR) is 104 cm³/mol. The predicted octanol–water partition coefficient (Wildman–Crippen LogP) is 4.83. The van der Waals surface area contributed by atoms with Gasteiger partial charge in [0.2, 0.25) is 5.91 Å². The van der Waals surface area contributed by atoms with Gasteiger partial charge >= 0.3 is 0 Å². The van der Waals surface area contributed by atoms with Crippen LogP contribution >= 0.6 is 0 Å². The minimum Gasteiger partial charge on any atom is -0.334 e. The van der Waals surface area contributed by atoms with Crippen molar-refractivity contribution in [3.8, 4) is 0 Å². The van der Waals surface area contributed by atoms with Crippen molar-refractivity contribution < 1.29 is 4.79 Å². The number of likely N-dealkylation sites (tertiary alicyclic amines) is 1. The van der Waals surface area contributed by atoms with Crippen LogP contribution in [0.15, 0.2) is 42.5 Å². The Morgan fingerprint density at radius 1 is 1.04 bits per heavy atom. The molecule has 0 spiro atoms. The van der Waals surface area contributed by atoms with Gasteiger partial charge in [0.15, 0.2) is 0 Å². The fourth-order valence-corrected chi connectivity index (χ4v) is 4.44. The van der Waals surface area contributed by atoms with Crippen LogP contribution in [-0.4, -0.2) is 22.3 Å². The molecular weight excluding hydrogens is 320 g/mol. The van der Waals surface area contributed by atoms with Gasteiger partial charge in [-0.25, -0.2) is 0 Å². The van der Waals surface area contributed by atoms with Crippen LogP contribution in [0, 0.1) is 12.8 Å². The maximum atomic E-state index is 12.9. The van der Waals surface area contributed by atoms with E-state index in [1.165, 1.54) is 24.0 Å². The number of benzene rings is 1. The Balaban J connectivity index is 1.51. The van der Waals surface area contributed by atoms with Crippen LogP contribution in [-0.2, 0) is 11.2 Å². The summed E-state index contributed by atoms with van der Waals surface area (Å²) in [6, 6.07) is 15.1. The standard InChI is InChI=1S/C23H28N2O/c1-17-11-13-18(14-12-17)16-20-8-4-9-21(24-20)22-10-5-15-25(22)23(26)19-6-2-3-7-19/h4,8-9,11-14,19,22H,2-3,5-7,10,15-16H2,1H3/t22-/m1/s1. The van der Waals surface area contributed by atoms with Crippen LogP contribution in [0.3, 0.4) is 0 Å². The average molecular weight is 348 g/mol. The smallest absolute Gasteiger partial charge is 0.226 e. The van der Waals surface area contributed by atoms with Crippen molar-refractivity contribution in [3.05, 3.63) is 65.0 Å². The summed E-state index contributed by atoms with van der Waals surface area (Å²) in [5.74, 6) is 0.627. The minimum atomic E-state index is 0.168. The van der Waals surface area contributed by atoms with Crippen molar-refractivity contribution in [2.24, 2.45) is 5.92 Å². The molecule has 1 amide bonds. The van der Waals surface area contributed by atoms with Gasteiger partial charge < -0.3 is 4.90 Å². The van der Waals surface area contributed by atoms with E-state index in [0.29, 0.717) is 5.91 Å². The van der Waals surface area contributed by atoms with E-state index in [2.05, 4.69) is 54.3 Å². The van der Waals surface area contributed by atoms with E-state index < -0.39 is 0 Å². The number of rotatable bonds is 4. The number of hydrogen-bond acceptors (Lipinski definition) is 2. The van der Waals surface area contributed by atoms with E-state index in [-0.39, 0.29) is 12.0 Å². The van der Waals surface area contributed by atoms with Crippen LogP contribution in [0.4, 0.5) is 0 Å². The third kappa shape index (κ3) is 3.67. The van der Waals surface area contributed by atoms with Crippen LogP contribution in [0.25, 0.3) is 0 Å². The molecule has 0 unspecified atom stereocenters. The highest BCUT2D eigenvalue weighted by molar-refractivity contribution is 5.79. The van der Waals surface area contributed by atoms with E-state index in [4.69, 9.17) is 4.98 Å². The summed E-state index contributed by atoms with van der Waals surface area (Å²) in [6.45, 7) is 3.00. The molecule has 26 heavy (non-hydrogen) atoms. The quantitative estimate of drug-likeness (QED) is 0.792. The molecule has 3 nitrogen and oxygen atoms in total. The van der Waals surface area contributed by atoms with E-state index >= 15 is 0 Å². The third-order valence-electron chi connectivity index (χ3n) is 5.92. The number of carbonyl (C=O) groups excluding carboxylic acids is 1. The maximum Gasteiger partial charge on any atom is 0.226 e. The lowest BCUT2D eigenvalue weighted by atomic mass is 10.0. The molecule has 1 saturated heterocycles. The zero-order valence-corrected chi connectivity index (χ0v) is 15.7. The Labute approximate surface area is 156 Å². The highest BCUT2D eigenvalue weighted by atomic mass is 16.2. The number of hydrogen-bond donors (Lipinski definition) is 0. The summed E-state index contributed by atoms with van der Waals surface area (Å²) >= 11 is 0. The Morgan fingerprint density at radius 3 is 2.58 bits per heavy atom. The Hall–Kier alpha value is -2.16. The second-order valence-electron chi connectivity index (χ2n) is 7.89. The fourth-order valence-electron chi connectivity index (χ4n) is 4.44. The highest BCUT2D eigenvalue weighted by Crippen LogP contribution is 2.35. The number of amides is 1. The second-order valence-corrected chi connectivity index (χ2v) is 7.89. The van der Waals surface area contributed by atoms with Gasteiger partial charge in [-0.1, -0.05) is 48.7 Å². The molecule has 2 heterocycles. The largest absolute Gasteiger partial charge is 0.334 e. The summed E-state index contributed by atoms with van der Waals surface area (Å²) in [5.41, 5.74) is 4.72. The van der Waals surface area contributed by atoms with Crippen LogP contribution in [0.2, 0.25) is 0 Å². The zero-order chi connectivity index (χ0) is 17.9. The molecular formula is C23H28N2O. The van der Waals surface area contributed by atoms with Gasteiger partial charge in [0.1, 0.15) is 0 Å². The Kier molecular flexibility index (Phi) is 5.05. The van der Waals surface area contributed by atoms with Crippen LogP contribution in [0.1, 0.15) is 67.1 Å². The lowest BCUT2D eigenvalue weighted by molar-refractivity contribution is -0.136. The van der Waals surface area contributed by atoms with Gasteiger partial charge in [-0.05, 0) is 50.3 Å². The van der Waals surface area contributed by atoms with Crippen LogP contribution in [0.5, 0.6) is 0 Å². The first-order chi connectivity index (χ1) is 12.7. The Morgan fingerprint density at radius 2 is 1.81 bits per heavy atom. The molecule has 1 aromatic carbocycles. The lowest BCUT2D eigenvalue weighted by Crippen LogP contribution is -2.35. The molecule has 1 saturated carbocycles. The fraction of sp³-hybridized carbons (Fsp3) is 0.478. The number of carbonyl (C=O) groups is 1. The zero-order valence-electron chi connectivity index (χ0n) is 15.7. The molecule has 2 fully saturated rings. The summed E-state index contributed by atoms with van der Waals surface area (Å²) in [6.07, 6.45) is 7.54. The van der Waals surface area contributed by atoms with Crippen molar-refractivity contribution >= 4 is 5.91 Å². The molecule has 0 bridgehead atoms. The maximum absolute atomic E-state index is 12.9. The summed E-state index contributed by atoms with van der Waals surface area (Å²) in [7, 11) is 0. The van der Waals surface area contributed by atoms with Crippen molar-refractivity contribution in [1.82, 2.24) is 9.88 Å². The average Bonchev–Trinajstić information content (AvgIpc) is 3.35. The number of aromatic nitrogens is 1. The first-order valence-corrected chi connectivity index (χ1v) is 10.0. The summed E-state index contributed by atoms with van der Waals surface area (Å²) in [5, 5.41) is 0. The molecule has 2 aliphatic rings. The van der Waals surface area contributed by atoms with Crippen molar-refractivity contribution in [3.63, 3.8) is 0 Å². The van der Waals surface area contributed by atoms with Gasteiger partial charge in [-0.15, -0.1) is 0 Å². The third-order valence-corrected chi connectivity index (χ3v) is 5.92. The second kappa shape index (κ2) is 7.61. The SMILES string of the molecule is Cc1ccc(Cc2cccc([C@H]3CCCN3C(=O)C3CCCC3)n2)cc1. The first-order valence-electron chi connectivity index (χ1n) is 10.0.